The van der Waals surface area contributed by atoms with E-state index in [2.05, 4.69) is 34.5 Å². The number of thioether (sulfide) groups is 1. The van der Waals surface area contributed by atoms with E-state index in [0.717, 1.165) is 16.3 Å². The minimum Gasteiger partial charge on any atom is -0.507 e. The van der Waals surface area contributed by atoms with Crippen molar-refractivity contribution in [1.29, 1.82) is 0 Å². The van der Waals surface area contributed by atoms with Gasteiger partial charge in [-0.1, -0.05) is 77.7 Å². The molecule has 1 fully saturated rings. The molecule has 2 aliphatic rings. The number of carbonyl (C=O) groups is 3. The van der Waals surface area contributed by atoms with Gasteiger partial charge in [0.25, 0.3) is 5.78 Å². The second-order valence-corrected chi connectivity index (χ2v) is 12.6. The first kappa shape index (κ1) is 29.5. The molecule has 0 radical (unpaired) electrons. The van der Waals surface area contributed by atoms with Gasteiger partial charge in [-0.25, -0.2) is 4.79 Å². The topological polar surface area (TPSA) is 128 Å². The highest BCUT2D eigenvalue weighted by Gasteiger charge is 2.48. The maximum Gasteiger partial charge on any atom is 0.337 e. The van der Waals surface area contributed by atoms with E-state index in [1.54, 1.807) is 30.3 Å². The van der Waals surface area contributed by atoms with E-state index in [1.807, 2.05) is 18.2 Å². The number of fused-ring (bicyclic) bond motifs is 2. The van der Waals surface area contributed by atoms with E-state index >= 15 is 0 Å². The number of rotatable bonds is 7. The molecule has 230 valence electrons. The highest BCUT2D eigenvalue weighted by molar-refractivity contribution is 8.00. The summed E-state index contributed by atoms with van der Waals surface area (Å²) in [6, 6.07) is 24.3. The molecule has 1 aromatic heterocycles. The smallest absolute Gasteiger partial charge is 0.337 e. The van der Waals surface area contributed by atoms with Crippen molar-refractivity contribution in [2.24, 2.45) is 0 Å². The largest absolute Gasteiger partial charge is 0.507 e. The van der Waals surface area contributed by atoms with Gasteiger partial charge in [-0.05, 0) is 52.2 Å². The van der Waals surface area contributed by atoms with Crippen LogP contribution in [0.25, 0.3) is 16.5 Å². The van der Waals surface area contributed by atoms with Crippen LogP contribution in [0.4, 0.5) is 5.13 Å². The lowest BCUT2D eigenvalue weighted by atomic mass is 9.94. The Morgan fingerprint density at radius 3 is 2.50 bits per heavy atom. The average molecular weight is 652 g/mol. The first-order valence-corrected chi connectivity index (χ1v) is 16.1. The Balaban J connectivity index is 1.26. The Kier molecular flexibility index (Phi) is 7.89. The molecular formula is C34H25N3O7S2. The van der Waals surface area contributed by atoms with Crippen LogP contribution in [0, 0.1) is 0 Å². The number of methoxy groups -OCH3 is 1. The summed E-state index contributed by atoms with van der Waals surface area (Å²) in [5, 5.41) is 22.7. The number of ether oxygens (including phenoxy) is 3. The van der Waals surface area contributed by atoms with Crippen molar-refractivity contribution in [3.8, 4) is 11.5 Å². The number of carbonyl (C=O) groups excluding carboxylic acids is 3. The Hall–Kier alpha value is -5.20. The van der Waals surface area contributed by atoms with Crippen molar-refractivity contribution in [1.82, 2.24) is 10.2 Å². The Labute approximate surface area is 271 Å². The van der Waals surface area contributed by atoms with Crippen LogP contribution in [0.5, 0.6) is 11.5 Å². The number of hydrogen-bond acceptors (Lipinski definition) is 11. The second-order valence-electron chi connectivity index (χ2n) is 10.4. The van der Waals surface area contributed by atoms with Gasteiger partial charge in [0.15, 0.2) is 15.8 Å². The van der Waals surface area contributed by atoms with Gasteiger partial charge >= 0.3 is 11.9 Å². The van der Waals surface area contributed by atoms with Gasteiger partial charge in [0.2, 0.25) is 5.13 Å². The summed E-state index contributed by atoms with van der Waals surface area (Å²) in [4.78, 5) is 40.7. The molecule has 0 saturated carbocycles. The maximum absolute atomic E-state index is 13.7. The molecule has 0 spiro atoms. The summed E-state index contributed by atoms with van der Waals surface area (Å²) < 4.78 is 16.7. The molecule has 10 nitrogen and oxygen atoms in total. The number of hydrogen-bond donors (Lipinski definition) is 1. The average Bonchev–Trinajstić information content (AvgIpc) is 3.67. The van der Waals surface area contributed by atoms with Crippen LogP contribution >= 0.6 is 23.1 Å². The van der Waals surface area contributed by atoms with E-state index in [1.165, 1.54) is 47.2 Å². The molecule has 4 aromatic carbocycles. The molecule has 0 unspecified atom stereocenters. The lowest BCUT2D eigenvalue weighted by Crippen LogP contribution is -2.29. The van der Waals surface area contributed by atoms with Crippen molar-refractivity contribution in [2.75, 3.05) is 25.2 Å². The number of aliphatic hydroxyl groups excluding tert-OH is 1. The molecule has 3 heterocycles. The van der Waals surface area contributed by atoms with Crippen molar-refractivity contribution in [3.05, 3.63) is 113 Å². The van der Waals surface area contributed by atoms with Crippen molar-refractivity contribution in [3.63, 3.8) is 0 Å². The van der Waals surface area contributed by atoms with E-state index in [9.17, 15) is 19.5 Å². The molecule has 46 heavy (non-hydrogen) atoms. The standard InChI is InChI=1S/C34H25N3O7S2/c1-42-32(41)21-11-9-20(10-12-21)28-27(29(38)22-13-14-25-26(17-22)44-16-15-43-25)30(39)31(40)37(28)33-35-36-34(46-33)45-18-23-7-4-6-19-5-2-3-8-24(19)23/h2-14,17,28,38H,15-16,18H2,1H3/t28-/m1/s1. The quantitative estimate of drug-likeness (QED) is 0.0545. The molecule has 2 aliphatic heterocycles. The highest BCUT2D eigenvalue weighted by Crippen LogP contribution is 2.45. The molecule has 1 atom stereocenters. The fourth-order valence-electron chi connectivity index (χ4n) is 5.53. The van der Waals surface area contributed by atoms with E-state index < -0.39 is 23.7 Å². The minimum atomic E-state index is -1.05. The summed E-state index contributed by atoms with van der Waals surface area (Å²) in [6.45, 7) is 0.737. The Bertz CT molecular complexity index is 2040. The monoisotopic (exact) mass is 651 g/mol. The summed E-state index contributed by atoms with van der Waals surface area (Å²) in [7, 11) is 1.28. The van der Waals surface area contributed by atoms with Crippen LogP contribution in [-0.2, 0) is 20.1 Å². The molecule has 7 rings (SSSR count). The number of nitrogens with zero attached hydrogens (tertiary/aromatic N) is 3. The van der Waals surface area contributed by atoms with Gasteiger partial charge in [-0.15, -0.1) is 10.2 Å². The van der Waals surface area contributed by atoms with Gasteiger partial charge in [0, 0.05) is 11.3 Å². The predicted octanol–water partition coefficient (Wildman–Crippen LogP) is 6.17. The van der Waals surface area contributed by atoms with Crippen LogP contribution in [0.3, 0.4) is 0 Å². The third kappa shape index (κ3) is 5.35. The molecular weight excluding hydrogens is 627 g/mol. The number of Topliss-reactive ketones (excluding diaryl/α,β-unsaturated/α-hetero) is 1. The molecule has 0 bridgehead atoms. The van der Waals surface area contributed by atoms with Gasteiger partial charge in [-0.3, -0.25) is 14.5 Å². The van der Waals surface area contributed by atoms with Gasteiger partial charge in [0.1, 0.15) is 19.0 Å². The highest BCUT2D eigenvalue weighted by atomic mass is 32.2. The minimum absolute atomic E-state index is 0.132. The van der Waals surface area contributed by atoms with Gasteiger partial charge in [-0.2, -0.15) is 0 Å². The van der Waals surface area contributed by atoms with E-state index in [-0.39, 0.29) is 27.6 Å². The molecule has 1 saturated heterocycles. The van der Waals surface area contributed by atoms with Crippen LogP contribution < -0.4 is 14.4 Å². The fourth-order valence-corrected chi connectivity index (χ4v) is 7.40. The number of ketones is 1. The molecule has 5 aromatic rings. The summed E-state index contributed by atoms with van der Waals surface area (Å²) >= 11 is 2.65. The molecule has 0 aliphatic carbocycles. The lowest BCUT2D eigenvalue weighted by molar-refractivity contribution is -0.132. The zero-order chi connectivity index (χ0) is 31.8. The Morgan fingerprint density at radius 2 is 1.70 bits per heavy atom. The molecule has 1 amide bonds. The summed E-state index contributed by atoms with van der Waals surface area (Å²) in [6.07, 6.45) is 0. The van der Waals surface area contributed by atoms with Crippen molar-refractivity contribution in [2.45, 2.75) is 16.1 Å². The third-order valence-corrected chi connectivity index (χ3v) is 9.85. The van der Waals surface area contributed by atoms with Gasteiger partial charge in [0.05, 0.1) is 24.3 Å². The van der Waals surface area contributed by atoms with Crippen LogP contribution in [0.2, 0.25) is 0 Å². The number of benzene rings is 4. The van der Waals surface area contributed by atoms with Crippen molar-refractivity contribution >= 4 is 62.4 Å². The van der Waals surface area contributed by atoms with Crippen LogP contribution in [-0.4, -0.2) is 53.3 Å². The van der Waals surface area contributed by atoms with Gasteiger partial charge < -0.3 is 19.3 Å². The maximum atomic E-state index is 13.7. The molecule has 1 N–H and O–H groups in total. The first-order valence-electron chi connectivity index (χ1n) is 14.2. The SMILES string of the molecule is COC(=O)c1ccc([C@@H]2C(=C(O)c3ccc4c(c3)OCCO4)C(=O)C(=O)N2c2nnc(SCc3cccc4ccccc34)s2)cc1. The fraction of sp³-hybridized carbons (Fsp3) is 0.147. The van der Waals surface area contributed by atoms with E-state index in [4.69, 9.17) is 14.2 Å². The zero-order valence-electron chi connectivity index (χ0n) is 24.3. The summed E-state index contributed by atoms with van der Waals surface area (Å²) in [5.74, 6) is -1.10. The predicted molar refractivity (Wildman–Crippen MR) is 173 cm³/mol. The number of anilines is 1. The lowest BCUT2D eigenvalue weighted by Gasteiger charge is -2.23. The zero-order valence-corrected chi connectivity index (χ0v) is 26.0. The normalized spacial score (nSPS) is 17.0. The van der Waals surface area contributed by atoms with E-state index in [0.29, 0.717) is 40.4 Å². The summed E-state index contributed by atoms with van der Waals surface area (Å²) in [5.41, 5.74) is 2.05. The van der Waals surface area contributed by atoms with Crippen LogP contribution in [0.1, 0.15) is 33.1 Å². The Morgan fingerprint density at radius 1 is 0.957 bits per heavy atom. The number of aromatic nitrogens is 2. The second kappa shape index (κ2) is 12.3. The molecule has 12 heteroatoms. The number of esters is 1. The van der Waals surface area contributed by atoms with Crippen LogP contribution in [0.15, 0.2) is 94.8 Å². The van der Waals surface area contributed by atoms with Crippen molar-refractivity contribution < 1.29 is 33.7 Å². The third-order valence-electron chi connectivity index (χ3n) is 7.74. The first-order chi connectivity index (χ1) is 22.4. The number of aliphatic hydroxyl groups is 1. The number of amides is 1.